The van der Waals surface area contributed by atoms with Crippen molar-refractivity contribution in [2.45, 2.75) is 19.9 Å². The summed E-state index contributed by atoms with van der Waals surface area (Å²) in [6, 6.07) is 7.07. The van der Waals surface area contributed by atoms with Crippen LogP contribution in [0.15, 0.2) is 30.5 Å². The number of hydrogen-bond donors (Lipinski definition) is 2. The highest BCUT2D eigenvalue weighted by Crippen LogP contribution is 2.23. The van der Waals surface area contributed by atoms with Crippen LogP contribution in [0.2, 0.25) is 0 Å². The lowest BCUT2D eigenvalue weighted by atomic mass is 10.3. The highest BCUT2D eigenvalue weighted by molar-refractivity contribution is 5.92. The molecule has 0 spiro atoms. The second-order valence-corrected chi connectivity index (χ2v) is 4.43. The Hall–Kier alpha value is -2.90. The van der Waals surface area contributed by atoms with Gasteiger partial charge in [0.2, 0.25) is 5.91 Å². The van der Waals surface area contributed by atoms with E-state index in [1.165, 1.54) is 10.9 Å². The molecule has 116 valence electrons. The number of para-hydroxylation sites is 2. The van der Waals surface area contributed by atoms with E-state index in [0.29, 0.717) is 23.7 Å². The molecule has 0 atom stereocenters. The number of ether oxygens (including phenoxy) is 1. The van der Waals surface area contributed by atoms with Gasteiger partial charge in [-0.25, -0.2) is 4.68 Å². The van der Waals surface area contributed by atoms with Crippen LogP contribution in [0.5, 0.6) is 5.75 Å². The fraction of sp³-hybridized carbons (Fsp3) is 0.286. The zero-order chi connectivity index (χ0) is 15.9. The monoisotopic (exact) mass is 304 g/mol. The normalized spacial score (nSPS) is 10.2. The topological polar surface area (TPSA) is 106 Å². The van der Waals surface area contributed by atoms with Crippen molar-refractivity contribution >= 4 is 17.6 Å². The van der Waals surface area contributed by atoms with E-state index in [-0.39, 0.29) is 18.9 Å². The Labute approximate surface area is 126 Å². The molecule has 0 radical (unpaired) electrons. The fourth-order valence-corrected chi connectivity index (χ4v) is 1.88. The summed E-state index contributed by atoms with van der Waals surface area (Å²) in [5.74, 6) is -0.780. The van der Waals surface area contributed by atoms with Crippen LogP contribution in [0.4, 0.5) is 5.69 Å². The van der Waals surface area contributed by atoms with Gasteiger partial charge in [0.25, 0.3) is 0 Å². The summed E-state index contributed by atoms with van der Waals surface area (Å²) in [6.45, 7) is 2.22. The van der Waals surface area contributed by atoms with Crippen LogP contribution < -0.4 is 10.1 Å². The lowest BCUT2D eigenvalue weighted by molar-refractivity contribution is -0.136. The van der Waals surface area contributed by atoms with E-state index in [2.05, 4.69) is 15.6 Å². The third-order valence-electron chi connectivity index (χ3n) is 2.78. The van der Waals surface area contributed by atoms with Gasteiger partial charge in [-0.05, 0) is 19.1 Å². The second-order valence-electron chi connectivity index (χ2n) is 4.43. The molecular formula is C14H16N4O4. The predicted molar refractivity (Wildman–Crippen MR) is 77.6 cm³/mol. The second kappa shape index (κ2) is 7.21. The maximum absolute atomic E-state index is 12.1. The van der Waals surface area contributed by atoms with Crippen LogP contribution in [-0.2, 0) is 22.6 Å². The number of nitrogens with zero attached hydrogens (tertiary/aromatic N) is 3. The maximum Gasteiger partial charge on any atom is 0.309 e. The number of aromatic nitrogens is 3. The minimum Gasteiger partial charge on any atom is -0.492 e. The molecular weight excluding hydrogens is 288 g/mol. The van der Waals surface area contributed by atoms with Gasteiger partial charge < -0.3 is 15.2 Å². The van der Waals surface area contributed by atoms with Gasteiger partial charge in [0.15, 0.2) is 0 Å². The summed E-state index contributed by atoms with van der Waals surface area (Å²) in [5, 5.41) is 18.9. The van der Waals surface area contributed by atoms with Crippen molar-refractivity contribution in [3.05, 3.63) is 36.2 Å². The molecule has 1 amide bonds. The summed E-state index contributed by atoms with van der Waals surface area (Å²) in [4.78, 5) is 22.8. The number of aliphatic carboxylic acids is 1. The van der Waals surface area contributed by atoms with Gasteiger partial charge in [-0.2, -0.15) is 0 Å². The molecule has 2 aromatic rings. The minimum absolute atomic E-state index is 0.122. The van der Waals surface area contributed by atoms with Crippen LogP contribution in [0, 0.1) is 0 Å². The SMILES string of the molecule is CCOc1ccccc1NC(=O)Cn1nncc1CC(=O)O. The molecule has 0 unspecified atom stereocenters. The van der Waals surface area contributed by atoms with Crippen molar-refractivity contribution in [1.29, 1.82) is 0 Å². The van der Waals surface area contributed by atoms with Crippen molar-refractivity contribution in [2.24, 2.45) is 0 Å². The quantitative estimate of drug-likeness (QED) is 0.788. The molecule has 0 fully saturated rings. The lowest BCUT2D eigenvalue weighted by Gasteiger charge is -2.11. The first-order valence-corrected chi connectivity index (χ1v) is 6.71. The minimum atomic E-state index is -1.01. The zero-order valence-electron chi connectivity index (χ0n) is 12.0. The molecule has 0 saturated carbocycles. The Kier molecular flexibility index (Phi) is 5.07. The smallest absolute Gasteiger partial charge is 0.309 e. The summed E-state index contributed by atoms with van der Waals surface area (Å²) in [6.07, 6.45) is 1.09. The van der Waals surface area contributed by atoms with Crippen LogP contribution in [0.3, 0.4) is 0 Å². The third kappa shape index (κ3) is 4.05. The average Bonchev–Trinajstić information content (AvgIpc) is 2.87. The molecule has 2 rings (SSSR count). The predicted octanol–water partition coefficient (Wildman–Crippen LogP) is 0.943. The Balaban J connectivity index is 2.05. The molecule has 8 nitrogen and oxygen atoms in total. The van der Waals surface area contributed by atoms with E-state index in [9.17, 15) is 9.59 Å². The number of amides is 1. The third-order valence-corrected chi connectivity index (χ3v) is 2.78. The van der Waals surface area contributed by atoms with Crippen LogP contribution in [0.1, 0.15) is 12.6 Å². The molecule has 0 saturated heterocycles. The van der Waals surface area contributed by atoms with Gasteiger partial charge in [-0.1, -0.05) is 17.3 Å². The molecule has 1 heterocycles. The number of carbonyl (C=O) groups is 2. The lowest BCUT2D eigenvalue weighted by Crippen LogP contribution is -2.22. The molecule has 0 aliphatic rings. The largest absolute Gasteiger partial charge is 0.492 e. The first-order valence-electron chi connectivity index (χ1n) is 6.71. The van der Waals surface area contributed by atoms with Crippen LogP contribution in [-0.4, -0.2) is 38.6 Å². The Morgan fingerprint density at radius 2 is 2.14 bits per heavy atom. The molecule has 8 heteroatoms. The molecule has 0 aliphatic carbocycles. The first kappa shape index (κ1) is 15.5. The van der Waals surface area contributed by atoms with E-state index in [1.807, 2.05) is 13.0 Å². The van der Waals surface area contributed by atoms with Gasteiger partial charge in [0.1, 0.15) is 12.3 Å². The first-order chi connectivity index (χ1) is 10.6. The average molecular weight is 304 g/mol. The molecule has 0 aliphatic heterocycles. The van der Waals surface area contributed by atoms with E-state index in [4.69, 9.17) is 9.84 Å². The van der Waals surface area contributed by atoms with Gasteiger partial charge >= 0.3 is 5.97 Å². The van der Waals surface area contributed by atoms with Gasteiger partial charge in [0, 0.05) is 0 Å². The maximum atomic E-state index is 12.1. The van der Waals surface area contributed by atoms with Gasteiger partial charge in [-0.15, -0.1) is 5.10 Å². The fourth-order valence-electron chi connectivity index (χ4n) is 1.88. The van der Waals surface area contributed by atoms with Gasteiger partial charge in [-0.3, -0.25) is 9.59 Å². The molecule has 1 aromatic heterocycles. The summed E-state index contributed by atoms with van der Waals surface area (Å²) < 4.78 is 6.68. The number of rotatable bonds is 7. The van der Waals surface area contributed by atoms with E-state index >= 15 is 0 Å². The summed E-state index contributed by atoms with van der Waals surface area (Å²) >= 11 is 0. The number of benzene rings is 1. The molecule has 22 heavy (non-hydrogen) atoms. The zero-order valence-corrected chi connectivity index (χ0v) is 12.0. The highest BCUT2D eigenvalue weighted by atomic mass is 16.5. The van der Waals surface area contributed by atoms with Crippen molar-refractivity contribution in [1.82, 2.24) is 15.0 Å². The standard InChI is InChI=1S/C14H16N4O4/c1-2-22-12-6-4-3-5-11(12)16-13(19)9-18-10(7-14(20)21)8-15-17-18/h3-6,8H,2,7,9H2,1H3,(H,16,19)(H,20,21). The van der Waals surface area contributed by atoms with Crippen molar-refractivity contribution in [3.63, 3.8) is 0 Å². The van der Waals surface area contributed by atoms with Crippen LogP contribution >= 0.6 is 0 Å². The number of hydrogen-bond acceptors (Lipinski definition) is 5. The molecule has 0 bridgehead atoms. The number of anilines is 1. The van der Waals surface area contributed by atoms with E-state index in [0.717, 1.165) is 0 Å². The number of carboxylic acid groups (broad SMARTS) is 1. The Morgan fingerprint density at radius 1 is 1.36 bits per heavy atom. The van der Waals surface area contributed by atoms with Crippen molar-refractivity contribution in [2.75, 3.05) is 11.9 Å². The number of nitrogens with one attached hydrogen (secondary N) is 1. The summed E-state index contributed by atoms with van der Waals surface area (Å²) in [7, 11) is 0. The Bertz CT molecular complexity index is 668. The van der Waals surface area contributed by atoms with Gasteiger partial charge in [0.05, 0.1) is 30.6 Å². The number of carbonyl (C=O) groups excluding carboxylic acids is 1. The van der Waals surface area contributed by atoms with E-state index < -0.39 is 5.97 Å². The molecule has 1 aromatic carbocycles. The number of carboxylic acids is 1. The molecule has 2 N–H and O–H groups in total. The Morgan fingerprint density at radius 3 is 2.86 bits per heavy atom. The highest BCUT2D eigenvalue weighted by Gasteiger charge is 2.13. The van der Waals surface area contributed by atoms with Crippen molar-refractivity contribution < 1.29 is 19.4 Å². The summed E-state index contributed by atoms with van der Waals surface area (Å²) in [5.41, 5.74) is 0.912. The van der Waals surface area contributed by atoms with E-state index in [1.54, 1.807) is 18.2 Å². The van der Waals surface area contributed by atoms with Crippen LogP contribution in [0.25, 0.3) is 0 Å². The van der Waals surface area contributed by atoms with Crippen molar-refractivity contribution in [3.8, 4) is 5.75 Å².